The van der Waals surface area contributed by atoms with Gasteiger partial charge in [0.05, 0.1) is 12.2 Å². The summed E-state index contributed by atoms with van der Waals surface area (Å²) in [4.78, 5) is 22.9. The fourth-order valence-electron chi connectivity index (χ4n) is 2.81. The zero-order valence-corrected chi connectivity index (χ0v) is 12.5. The van der Waals surface area contributed by atoms with E-state index in [0.29, 0.717) is 12.2 Å². The molecule has 3 aromatic heterocycles. The number of hydrogen-bond acceptors (Lipinski definition) is 6. The van der Waals surface area contributed by atoms with Crippen molar-refractivity contribution in [2.75, 3.05) is 0 Å². The molecule has 22 heavy (non-hydrogen) atoms. The molecule has 1 aliphatic rings. The van der Waals surface area contributed by atoms with Gasteiger partial charge in [-0.2, -0.15) is 5.26 Å². The van der Waals surface area contributed by atoms with Gasteiger partial charge in [-0.3, -0.25) is 9.20 Å². The lowest BCUT2D eigenvalue weighted by molar-refractivity contribution is 0.658. The number of nitrogens with zero attached hydrogens (tertiary/aromatic N) is 6. The standard InChI is InChI=1S/C14H12N6OS/c15-6-12-16-8-19(18-12)7-9-5-13(21)20-10-3-1-2-4-11(10)22-14(20)17-9/h5,8H,1-4,7H2. The smallest absolute Gasteiger partial charge is 0.259 e. The van der Waals surface area contributed by atoms with Crippen molar-refractivity contribution < 1.29 is 0 Å². The second-order valence-corrected chi connectivity index (χ2v) is 6.32. The van der Waals surface area contributed by atoms with Crippen molar-refractivity contribution >= 4 is 16.3 Å². The molecule has 8 heteroatoms. The van der Waals surface area contributed by atoms with Crippen LogP contribution in [0.15, 0.2) is 17.2 Å². The van der Waals surface area contributed by atoms with E-state index in [1.807, 2.05) is 6.07 Å². The van der Waals surface area contributed by atoms with Crippen LogP contribution in [-0.4, -0.2) is 24.1 Å². The first-order valence-corrected chi connectivity index (χ1v) is 7.89. The van der Waals surface area contributed by atoms with Crippen molar-refractivity contribution in [1.82, 2.24) is 24.1 Å². The van der Waals surface area contributed by atoms with Crippen molar-refractivity contribution in [3.05, 3.63) is 44.8 Å². The quantitative estimate of drug-likeness (QED) is 0.708. The zero-order chi connectivity index (χ0) is 15.1. The second-order valence-electron chi connectivity index (χ2n) is 5.26. The van der Waals surface area contributed by atoms with Crippen molar-refractivity contribution in [3.63, 3.8) is 0 Å². The number of aryl methyl sites for hydroxylation is 2. The van der Waals surface area contributed by atoms with Crippen LogP contribution in [0.5, 0.6) is 0 Å². The second kappa shape index (κ2) is 5.03. The fraction of sp³-hybridized carbons (Fsp3) is 0.357. The van der Waals surface area contributed by atoms with E-state index in [9.17, 15) is 4.79 Å². The molecule has 110 valence electrons. The Balaban J connectivity index is 1.77. The number of aromatic nitrogens is 5. The van der Waals surface area contributed by atoms with Gasteiger partial charge >= 0.3 is 0 Å². The highest BCUT2D eigenvalue weighted by Gasteiger charge is 2.18. The first kappa shape index (κ1) is 13.2. The largest absolute Gasteiger partial charge is 0.269 e. The molecule has 0 atom stereocenters. The lowest BCUT2D eigenvalue weighted by Gasteiger charge is -2.10. The number of hydrogen-bond donors (Lipinski definition) is 0. The van der Waals surface area contributed by atoms with E-state index in [-0.39, 0.29) is 11.4 Å². The lowest BCUT2D eigenvalue weighted by Crippen LogP contribution is -2.18. The highest BCUT2D eigenvalue weighted by Crippen LogP contribution is 2.28. The Bertz CT molecular complexity index is 960. The molecule has 0 amide bonds. The van der Waals surface area contributed by atoms with E-state index < -0.39 is 0 Å². The lowest BCUT2D eigenvalue weighted by atomic mass is 10.0. The van der Waals surface area contributed by atoms with Gasteiger partial charge in [0.2, 0.25) is 0 Å². The maximum atomic E-state index is 12.4. The first-order valence-electron chi connectivity index (χ1n) is 7.07. The van der Waals surface area contributed by atoms with Crippen molar-refractivity contribution in [2.24, 2.45) is 0 Å². The minimum Gasteiger partial charge on any atom is -0.269 e. The highest BCUT2D eigenvalue weighted by atomic mass is 32.1. The molecular formula is C14H12N6OS. The van der Waals surface area contributed by atoms with Crippen LogP contribution >= 0.6 is 11.3 Å². The molecule has 0 aliphatic heterocycles. The normalized spacial score (nSPS) is 14.0. The zero-order valence-electron chi connectivity index (χ0n) is 11.7. The Morgan fingerprint density at radius 2 is 2.23 bits per heavy atom. The molecule has 4 rings (SSSR count). The van der Waals surface area contributed by atoms with E-state index >= 15 is 0 Å². The van der Waals surface area contributed by atoms with Gasteiger partial charge < -0.3 is 0 Å². The highest BCUT2D eigenvalue weighted by molar-refractivity contribution is 7.17. The molecule has 0 unspecified atom stereocenters. The van der Waals surface area contributed by atoms with Crippen LogP contribution in [0.1, 0.15) is 34.9 Å². The minimum absolute atomic E-state index is 0.0416. The Hall–Kier alpha value is -2.53. The van der Waals surface area contributed by atoms with E-state index in [4.69, 9.17) is 5.26 Å². The van der Waals surface area contributed by atoms with Gasteiger partial charge in [-0.1, -0.05) is 0 Å². The van der Waals surface area contributed by atoms with Gasteiger partial charge in [0, 0.05) is 16.6 Å². The molecule has 0 N–H and O–H groups in total. The molecule has 7 nitrogen and oxygen atoms in total. The summed E-state index contributed by atoms with van der Waals surface area (Å²) in [6, 6.07) is 3.42. The van der Waals surface area contributed by atoms with Crippen LogP contribution in [0.3, 0.4) is 0 Å². The van der Waals surface area contributed by atoms with E-state index in [1.165, 1.54) is 22.3 Å². The monoisotopic (exact) mass is 312 g/mol. The molecule has 3 aromatic rings. The summed E-state index contributed by atoms with van der Waals surface area (Å²) < 4.78 is 3.26. The third kappa shape index (κ3) is 2.10. The topological polar surface area (TPSA) is 88.9 Å². The first-order chi connectivity index (χ1) is 10.7. The molecular weight excluding hydrogens is 300 g/mol. The molecule has 3 heterocycles. The van der Waals surface area contributed by atoms with Crippen molar-refractivity contribution in [3.8, 4) is 6.07 Å². The molecule has 0 aromatic carbocycles. The van der Waals surface area contributed by atoms with Gasteiger partial charge in [-0.05, 0) is 25.7 Å². The third-order valence-corrected chi connectivity index (χ3v) is 4.92. The minimum atomic E-state index is -0.0416. The number of fused-ring (bicyclic) bond motifs is 3. The van der Waals surface area contributed by atoms with Crippen molar-refractivity contribution in [1.29, 1.82) is 5.26 Å². The van der Waals surface area contributed by atoms with Crippen LogP contribution in [-0.2, 0) is 19.4 Å². The van der Waals surface area contributed by atoms with E-state index in [2.05, 4.69) is 15.1 Å². The molecule has 0 spiro atoms. The Morgan fingerprint density at radius 3 is 3.05 bits per heavy atom. The SMILES string of the molecule is N#Cc1ncn(Cc2cc(=O)n3c4c(sc3n2)CCCC4)n1. The van der Waals surface area contributed by atoms with Gasteiger partial charge in [-0.15, -0.1) is 16.4 Å². The fourth-order valence-corrected chi connectivity index (χ4v) is 4.04. The van der Waals surface area contributed by atoms with Gasteiger partial charge in [-0.25, -0.2) is 14.6 Å². The van der Waals surface area contributed by atoms with Crippen LogP contribution in [0.2, 0.25) is 0 Å². The average Bonchev–Trinajstić information content (AvgIpc) is 3.10. The van der Waals surface area contributed by atoms with Gasteiger partial charge in [0.1, 0.15) is 12.4 Å². The Labute approximate surface area is 129 Å². The summed E-state index contributed by atoms with van der Waals surface area (Å²) in [6.45, 7) is 0.336. The third-order valence-electron chi connectivity index (χ3n) is 3.78. The summed E-state index contributed by atoms with van der Waals surface area (Å²) in [5, 5.41) is 12.7. The number of rotatable bonds is 2. The summed E-state index contributed by atoms with van der Waals surface area (Å²) in [6.07, 6.45) is 5.76. The van der Waals surface area contributed by atoms with Crippen molar-refractivity contribution in [2.45, 2.75) is 32.2 Å². The van der Waals surface area contributed by atoms with Crippen LogP contribution in [0.25, 0.3) is 4.96 Å². The average molecular weight is 312 g/mol. The maximum absolute atomic E-state index is 12.4. The van der Waals surface area contributed by atoms with Crippen LogP contribution in [0.4, 0.5) is 0 Å². The summed E-state index contributed by atoms with van der Waals surface area (Å²) >= 11 is 1.60. The molecule has 0 saturated carbocycles. The summed E-state index contributed by atoms with van der Waals surface area (Å²) in [5.41, 5.74) is 1.72. The van der Waals surface area contributed by atoms with Crippen LogP contribution < -0.4 is 5.56 Å². The predicted molar refractivity (Wildman–Crippen MR) is 79.8 cm³/mol. The summed E-state index contributed by atoms with van der Waals surface area (Å²) in [7, 11) is 0. The maximum Gasteiger partial charge on any atom is 0.259 e. The molecule has 0 radical (unpaired) electrons. The Kier molecular flexibility index (Phi) is 3.01. The van der Waals surface area contributed by atoms with E-state index in [1.54, 1.807) is 21.8 Å². The molecule has 0 fully saturated rings. The van der Waals surface area contributed by atoms with Gasteiger partial charge in [0.25, 0.3) is 11.4 Å². The Morgan fingerprint density at radius 1 is 1.36 bits per heavy atom. The molecule has 0 saturated heterocycles. The number of nitriles is 1. The van der Waals surface area contributed by atoms with E-state index in [0.717, 1.165) is 29.9 Å². The predicted octanol–water partition coefficient (Wildman–Crippen LogP) is 1.15. The summed E-state index contributed by atoms with van der Waals surface area (Å²) in [5.74, 6) is 0.115. The molecule has 0 bridgehead atoms. The van der Waals surface area contributed by atoms with Gasteiger partial charge in [0.15, 0.2) is 4.96 Å². The molecule has 1 aliphatic carbocycles. The van der Waals surface area contributed by atoms with Crippen LogP contribution in [0, 0.1) is 11.3 Å². The number of thiazole rings is 1.